The van der Waals surface area contributed by atoms with Crippen LogP contribution < -0.4 is 10.6 Å². The van der Waals surface area contributed by atoms with Crippen molar-refractivity contribution in [2.45, 2.75) is 24.9 Å². The van der Waals surface area contributed by atoms with E-state index in [2.05, 4.69) is 5.10 Å². The smallest absolute Gasteiger partial charge is 0.370 e. The molecule has 2 N–H and O–H groups in total. The number of hydrogen-bond donors (Lipinski definition) is 1. The zero-order valence-corrected chi connectivity index (χ0v) is 23.4. The molecule has 3 amide bonds. The summed E-state index contributed by atoms with van der Waals surface area (Å²) in [6.45, 7) is 1.15. The number of aromatic nitrogens is 2. The second-order valence-corrected chi connectivity index (χ2v) is 10.5. The fourth-order valence-corrected chi connectivity index (χ4v) is 5.40. The monoisotopic (exact) mass is 616 g/mol. The Balaban J connectivity index is 1.47. The third-order valence-electron chi connectivity index (χ3n) is 7.67. The molecule has 0 saturated carbocycles. The summed E-state index contributed by atoms with van der Waals surface area (Å²) in [5, 5.41) is 3.82. The highest BCUT2D eigenvalue weighted by molar-refractivity contribution is 6.09. The molecule has 3 aromatic rings. The van der Waals surface area contributed by atoms with Crippen molar-refractivity contribution in [3.05, 3.63) is 83.7 Å². The second-order valence-electron chi connectivity index (χ2n) is 10.5. The number of rotatable bonds is 6. The predicted molar refractivity (Wildman–Crippen MR) is 151 cm³/mol. The molecule has 0 bridgehead atoms. The van der Waals surface area contributed by atoms with E-state index in [-0.39, 0.29) is 36.4 Å². The number of nitrogens with zero attached hydrogens (tertiary/aromatic N) is 5. The number of fused-ring (bicyclic) bond motifs is 1. The Labute approximate surface area is 249 Å². The highest BCUT2D eigenvalue weighted by atomic mass is 19.4. The van der Waals surface area contributed by atoms with E-state index in [1.54, 1.807) is 6.07 Å². The summed E-state index contributed by atoms with van der Waals surface area (Å²) in [7, 11) is 0. The predicted octanol–water partition coefficient (Wildman–Crippen LogP) is 3.98. The lowest BCUT2D eigenvalue weighted by molar-refractivity contribution is -0.143. The van der Waals surface area contributed by atoms with Crippen molar-refractivity contribution in [2.75, 3.05) is 44.2 Å². The summed E-state index contributed by atoms with van der Waals surface area (Å²) >= 11 is 0. The molecule has 2 aliphatic heterocycles. The van der Waals surface area contributed by atoms with E-state index in [4.69, 9.17) is 5.73 Å². The lowest BCUT2D eigenvalue weighted by atomic mass is 9.96. The number of primary amides is 1. The Morgan fingerprint density at radius 3 is 2.25 bits per heavy atom. The topological polar surface area (TPSA) is 105 Å². The van der Waals surface area contributed by atoms with Gasteiger partial charge in [-0.1, -0.05) is 36.4 Å². The number of nitrogens with two attached hydrogens (primary N) is 1. The van der Waals surface area contributed by atoms with E-state index >= 15 is 8.78 Å². The lowest BCUT2D eigenvalue weighted by Crippen LogP contribution is -2.49. The van der Waals surface area contributed by atoms with Gasteiger partial charge in [0.2, 0.25) is 11.8 Å². The summed E-state index contributed by atoms with van der Waals surface area (Å²) < 4.78 is 74.9. The van der Waals surface area contributed by atoms with Crippen LogP contribution in [-0.2, 0) is 15.8 Å². The molecule has 3 heterocycles. The number of anilines is 1. The molecular formula is C30H29F5N6O3. The van der Waals surface area contributed by atoms with Crippen molar-refractivity contribution < 1.29 is 36.3 Å². The molecule has 2 aromatic carbocycles. The first-order valence-electron chi connectivity index (χ1n) is 13.9. The number of benzene rings is 2. The van der Waals surface area contributed by atoms with E-state index in [0.717, 1.165) is 17.2 Å². The molecule has 0 atom stereocenters. The summed E-state index contributed by atoms with van der Waals surface area (Å²) in [4.78, 5) is 42.2. The Kier molecular flexibility index (Phi) is 8.55. The van der Waals surface area contributed by atoms with E-state index < -0.39 is 59.6 Å². The van der Waals surface area contributed by atoms with Gasteiger partial charge in [-0.25, -0.2) is 13.5 Å². The van der Waals surface area contributed by atoms with Crippen LogP contribution in [0, 0.1) is 0 Å². The van der Waals surface area contributed by atoms with Gasteiger partial charge in [0.1, 0.15) is 0 Å². The van der Waals surface area contributed by atoms with E-state index in [1.165, 1.54) is 53.4 Å². The molecule has 2 aliphatic rings. The second kappa shape index (κ2) is 12.2. The molecule has 232 valence electrons. The molecule has 14 heteroatoms. The first kappa shape index (κ1) is 30.9. The Morgan fingerprint density at radius 1 is 0.932 bits per heavy atom. The zero-order valence-electron chi connectivity index (χ0n) is 23.4. The molecule has 1 fully saturated rings. The van der Waals surface area contributed by atoms with Crippen LogP contribution in [0.3, 0.4) is 0 Å². The van der Waals surface area contributed by atoms with Crippen LogP contribution in [0.1, 0.15) is 34.5 Å². The quantitative estimate of drug-likeness (QED) is 0.334. The van der Waals surface area contributed by atoms with E-state index in [1.807, 2.05) is 4.90 Å². The lowest BCUT2D eigenvalue weighted by Gasteiger charge is -2.34. The number of carbonyl (C=O) groups is 3. The van der Waals surface area contributed by atoms with Crippen LogP contribution in [0.15, 0.2) is 66.9 Å². The maximum absolute atomic E-state index is 15.7. The van der Waals surface area contributed by atoms with Crippen molar-refractivity contribution in [1.82, 2.24) is 19.6 Å². The fraction of sp³-hybridized carbons (Fsp3) is 0.333. The number of hydrogen-bond acceptors (Lipinski definition) is 5. The fourth-order valence-electron chi connectivity index (χ4n) is 5.40. The van der Waals surface area contributed by atoms with Gasteiger partial charge in [0.25, 0.3) is 11.8 Å². The first-order valence-corrected chi connectivity index (χ1v) is 13.9. The van der Waals surface area contributed by atoms with Crippen molar-refractivity contribution in [1.29, 1.82) is 0 Å². The van der Waals surface area contributed by atoms with Crippen LogP contribution in [0.2, 0.25) is 0 Å². The highest BCUT2D eigenvalue weighted by Gasteiger charge is 2.45. The SMILES string of the molecule is NC(=O)CCN1CCN(C(=O)C=C2c3ccccc3N(C(=O)c3cnn(-c4ccccc4)c3C(F)(F)F)CCC2(F)F)CC1. The molecule has 1 saturated heterocycles. The van der Waals surface area contributed by atoms with Gasteiger partial charge in [-0.15, -0.1) is 0 Å². The minimum atomic E-state index is -4.99. The van der Waals surface area contributed by atoms with Gasteiger partial charge in [-0.2, -0.15) is 18.3 Å². The number of allylic oxidation sites excluding steroid dienone is 1. The minimum absolute atomic E-state index is 0.0504. The molecule has 0 aliphatic carbocycles. The number of carbonyl (C=O) groups excluding carboxylic acids is 3. The third kappa shape index (κ3) is 6.34. The van der Waals surface area contributed by atoms with Gasteiger partial charge in [-0.3, -0.25) is 19.3 Å². The van der Waals surface area contributed by atoms with Crippen LogP contribution in [-0.4, -0.2) is 82.5 Å². The molecule has 9 nitrogen and oxygen atoms in total. The average molecular weight is 617 g/mol. The highest BCUT2D eigenvalue weighted by Crippen LogP contribution is 2.44. The van der Waals surface area contributed by atoms with Crippen molar-refractivity contribution in [3.8, 4) is 5.69 Å². The maximum atomic E-state index is 15.7. The minimum Gasteiger partial charge on any atom is -0.370 e. The number of halogens is 5. The molecule has 0 radical (unpaired) electrons. The summed E-state index contributed by atoms with van der Waals surface area (Å²) in [6, 6.07) is 13.0. The van der Waals surface area contributed by atoms with E-state index in [9.17, 15) is 27.6 Å². The maximum Gasteiger partial charge on any atom is 0.434 e. The van der Waals surface area contributed by atoms with Crippen molar-refractivity contribution in [2.24, 2.45) is 5.73 Å². The largest absolute Gasteiger partial charge is 0.434 e. The standard InChI is InChI=1S/C30H29F5N6O3/c31-29(32)11-13-40(28(44)22-19-37-41(27(22)30(33,34)35)20-6-2-1-3-7-20)24-9-5-4-8-21(24)23(29)18-26(43)39-16-14-38(15-17-39)12-10-25(36)42/h1-9,18-19H,10-17H2,(H2,36,42). The van der Waals surface area contributed by atoms with Crippen LogP contribution in [0.5, 0.6) is 0 Å². The Hall–Kier alpha value is -4.59. The molecule has 5 rings (SSSR count). The van der Waals surface area contributed by atoms with Gasteiger partial charge >= 0.3 is 6.18 Å². The zero-order chi connectivity index (χ0) is 31.6. The number of amides is 3. The van der Waals surface area contributed by atoms with Gasteiger partial charge < -0.3 is 15.5 Å². The molecule has 0 spiro atoms. The van der Waals surface area contributed by atoms with Gasteiger partial charge in [0.05, 0.1) is 23.1 Å². The number of alkyl halides is 5. The summed E-state index contributed by atoms with van der Waals surface area (Å²) in [5.41, 5.74) is 2.32. The normalized spacial score (nSPS) is 18.2. The van der Waals surface area contributed by atoms with Gasteiger partial charge in [0.15, 0.2) is 5.69 Å². The Bertz CT molecular complexity index is 1580. The summed E-state index contributed by atoms with van der Waals surface area (Å²) in [5.74, 6) is -5.84. The molecule has 1 aromatic heterocycles. The summed E-state index contributed by atoms with van der Waals surface area (Å²) in [6.07, 6.45) is -4.13. The number of para-hydroxylation sites is 2. The molecular weight excluding hydrogens is 587 g/mol. The Morgan fingerprint density at radius 2 is 1.59 bits per heavy atom. The molecule has 0 unspecified atom stereocenters. The first-order chi connectivity index (χ1) is 20.9. The van der Waals surface area contributed by atoms with Crippen LogP contribution >= 0.6 is 0 Å². The molecule has 44 heavy (non-hydrogen) atoms. The van der Waals surface area contributed by atoms with Crippen molar-refractivity contribution >= 4 is 29.0 Å². The van der Waals surface area contributed by atoms with Gasteiger partial charge in [0, 0.05) is 69.3 Å². The van der Waals surface area contributed by atoms with Gasteiger partial charge in [-0.05, 0) is 18.2 Å². The van der Waals surface area contributed by atoms with E-state index in [0.29, 0.717) is 24.3 Å². The third-order valence-corrected chi connectivity index (χ3v) is 7.67. The van der Waals surface area contributed by atoms with Crippen LogP contribution in [0.25, 0.3) is 11.3 Å². The van der Waals surface area contributed by atoms with Crippen LogP contribution in [0.4, 0.5) is 27.6 Å². The van der Waals surface area contributed by atoms with Crippen molar-refractivity contribution in [3.63, 3.8) is 0 Å². The number of piperazine rings is 1. The average Bonchev–Trinajstić information content (AvgIpc) is 3.42.